The number of hydrogen-bond acceptors (Lipinski definition) is 2. The van der Waals surface area contributed by atoms with Crippen molar-refractivity contribution in [3.05, 3.63) is 64.9 Å². The van der Waals surface area contributed by atoms with Crippen LogP contribution in [0.3, 0.4) is 0 Å². The lowest BCUT2D eigenvalue weighted by Gasteiger charge is -2.04. The molecule has 3 rings (SSSR count). The van der Waals surface area contributed by atoms with Gasteiger partial charge < -0.3 is 9.15 Å². The van der Waals surface area contributed by atoms with Crippen LogP contribution in [-0.2, 0) is 6.61 Å². The van der Waals surface area contributed by atoms with Crippen LogP contribution in [0.25, 0.3) is 11.0 Å². The van der Waals surface area contributed by atoms with Gasteiger partial charge in [0.05, 0.1) is 6.26 Å². The second-order valence-electron chi connectivity index (χ2n) is 4.46. The lowest BCUT2D eigenvalue weighted by molar-refractivity contribution is 0.306. The predicted octanol–water partition coefficient (Wildman–Crippen LogP) is 4.97. The lowest BCUT2D eigenvalue weighted by Crippen LogP contribution is -1.94. The molecule has 2 nitrogen and oxygen atoms in total. The molecule has 0 bridgehead atoms. The average Bonchev–Trinajstić information content (AvgIpc) is 2.83. The highest BCUT2D eigenvalue weighted by Crippen LogP contribution is 2.25. The topological polar surface area (TPSA) is 22.4 Å². The van der Waals surface area contributed by atoms with Crippen molar-refractivity contribution in [3.8, 4) is 5.75 Å². The van der Waals surface area contributed by atoms with Gasteiger partial charge in [0.1, 0.15) is 17.9 Å². The van der Waals surface area contributed by atoms with E-state index >= 15 is 0 Å². The van der Waals surface area contributed by atoms with Crippen LogP contribution in [0.5, 0.6) is 5.75 Å². The quantitative estimate of drug-likeness (QED) is 0.671. The molecule has 1 heterocycles. The maximum atomic E-state index is 5.84. The second kappa shape index (κ2) is 4.98. The zero-order valence-electron chi connectivity index (χ0n) is 10.5. The fourth-order valence-electron chi connectivity index (χ4n) is 2.06. The van der Waals surface area contributed by atoms with Gasteiger partial charge in [-0.1, -0.05) is 29.8 Å². The summed E-state index contributed by atoms with van der Waals surface area (Å²) >= 11 is 5.84. The molecule has 1 aromatic heterocycles. The first-order valence-electron chi connectivity index (χ1n) is 6.08. The molecule has 0 aliphatic carbocycles. The number of fused-ring (bicyclic) bond motifs is 1. The highest BCUT2D eigenvalue weighted by Gasteiger charge is 2.08. The van der Waals surface area contributed by atoms with Crippen LogP contribution in [0.1, 0.15) is 11.1 Å². The van der Waals surface area contributed by atoms with Crippen molar-refractivity contribution in [2.45, 2.75) is 13.5 Å². The van der Waals surface area contributed by atoms with Gasteiger partial charge in [-0.05, 0) is 36.8 Å². The van der Waals surface area contributed by atoms with Crippen LogP contribution in [0, 0.1) is 6.92 Å². The van der Waals surface area contributed by atoms with Crippen molar-refractivity contribution in [2.24, 2.45) is 0 Å². The second-order valence-corrected chi connectivity index (χ2v) is 4.89. The van der Waals surface area contributed by atoms with Gasteiger partial charge in [-0.3, -0.25) is 0 Å². The molecule has 0 amide bonds. The van der Waals surface area contributed by atoms with Crippen LogP contribution >= 0.6 is 11.6 Å². The highest BCUT2D eigenvalue weighted by molar-refractivity contribution is 6.30. The Morgan fingerprint density at radius 1 is 1.11 bits per heavy atom. The normalized spacial score (nSPS) is 10.8. The zero-order chi connectivity index (χ0) is 13.2. The van der Waals surface area contributed by atoms with Gasteiger partial charge in [0.2, 0.25) is 0 Å². The Hall–Kier alpha value is -1.93. The van der Waals surface area contributed by atoms with Crippen LogP contribution in [0.15, 0.2) is 53.1 Å². The molecule has 3 heteroatoms. The van der Waals surface area contributed by atoms with Crippen LogP contribution in [-0.4, -0.2) is 0 Å². The van der Waals surface area contributed by atoms with Gasteiger partial charge in [0.25, 0.3) is 0 Å². The first-order chi connectivity index (χ1) is 9.24. The van der Waals surface area contributed by atoms with E-state index in [0.29, 0.717) is 11.6 Å². The summed E-state index contributed by atoms with van der Waals surface area (Å²) in [7, 11) is 0. The van der Waals surface area contributed by atoms with Crippen molar-refractivity contribution < 1.29 is 9.15 Å². The van der Waals surface area contributed by atoms with Gasteiger partial charge in [-0.15, -0.1) is 0 Å². The number of furan rings is 1. The van der Waals surface area contributed by atoms with Crippen LogP contribution in [0.2, 0.25) is 5.02 Å². The molecule has 0 unspecified atom stereocenters. The number of benzene rings is 2. The molecule has 0 aliphatic rings. The average molecular weight is 273 g/mol. The Balaban J connectivity index is 1.82. The van der Waals surface area contributed by atoms with E-state index in [1.807, 2.05) is 49.4 Å². The first-order valence-corrected chi connectivity index (χ1v) is 6.46. The number of hydrogen-bond donors (Lipinski definition) is 0. The van der Waals surface area contributed by atoms with Crippen LogP contribution in [0.4, 0.5) is 0 Å². The van der Waals surface area contributed by atoms with E-state index in [1.165, 1.54) is 0 Å². The van der Waals surface area contributed by atoms with Gasteiger partial charge in [0, 0.05) is 16.0 Å². The number of para-hydroxylation sites is 1. The summed E-state index contributed by atoms with van der Waals surface area (Å²) < 4.78 is 11.3. The largest absolute Gasteiger partial charge is 0.489 e. The fourth-order valence-corrected chi connectivity index (χ4v) is 2.18. The first kappa shape index (κ1) is 12.1. The van der Waals surface area contributed by atoms with Crippen molar-refractivity contribution in [2.75, 3.05) is 0 Å². The van der Waals surface area contributed by atoms with Crippen molar-refractivity contribution in [1.29, 1.82) is 0 Å². The number of aryl methyl sites for hydroxylation is 1. The summed E-state index contributed by atoms with van der Waals surface area (Å²) in [5, 5.41) is 1.81. The minimum absolute atomic E-state index is 0.484. The maximum absolute atomic E-state index is 5.84. The summed E-state index contributed by atoms with van der Waals surface area (Å²) in [6, 6.07) is 13.5. The number of halogens is 1. The Kier molecular flexibility index (Phi) is 3.18. The van der Waals surface area contributed by atoms with E-state index in [9.17, 15) is 0 Å². The molecule has 0 spiro atoms. The molecule has 96 valence electrons. The van der Waals surface area contributed by atoms with Gasteiger partial charge in [0.15, 0.2) is 0 Å². The van der Waals surface area contributed by atoms with Gasteiger partial charge in [-0.2, -0.15) is 0 Å². The lowest BCUT2D eigenvalue weighted by atomic mass is 10.1. The monoisotopic (exact) mass is 272 g/mol. The Morgan fingerprint density at radius 3 is 2.68 bits per heavy atom. The number of rotatable bonds is 3. The third kappa shape index (κ3) is 2.45. The molecule has 0 aliphatic heterocycles. The smallest absolute Gasteiger partial charge is 0.137 e. The maximum Gasteiger partial charge on any atom is 0.137 e. The van der Waals surface area contributed by atoms with Crippen molar-refractivity contribution in [3.63, 3.8) is 0 Å². The molecule has 19 heavy (non-hydrogen) atoms. The molecule has 0 radical (unpaired) electrons. The summed E-state index contributed by atoms with van der Waals surface area (Å²) in [6.45, 7) is 2.52. The van der Waals surface area contributed by atoms with E-state index in [0.717, 1.165) is 27.8 Å². The van der Waals surface area contributed by atoms with Crippen LogP contribution < -0.4 is 4.74 Å². The molecular weight excluding hydrogens is 260 g/mol. The highest BCUT2D eigenvalue weighted by atomic mass is 35.5. The molecule has 0 fully saturated rings. The third-order valence-electron chi connectivity index (χ3n) is 3.08. The minimum atomic E-state index is 0.484. The summed E-state index contributed by atoms with van der Waals surface area (Å²) in [6.07, 6.45) is 1.76. The van der Waals surface area contributed by atoms with E-state index < -0.39 is 0 Å². The molecule has 0 N–H and O–H groups in total. The number of ether oxygens (including phenoxy) is 1. The van der Waals surface area contributed by atoms with Crippen molar-refractivity contribution in [1.82, 2.24) is 0 Å². The molecule has 0 saturated carbocycles. The van der Waals surface area contributed by atoms with E-state index in [1.54, 1.807) is 6.26 Å². The van der Waals surface area contributed by atoms with E-state index in [-0.39, 0.29) is 0 Å². The zero-order valence-corrected chi connectivity index (χ0v) is 11.3. The summed E-state index contributed by atoms with van der Waals surface area (Å²) in [4.78, 5) is 0. The summed E-state index contributed by atoms with van der Waals surface area (Å²) in [5.74, 6) is 0.798. The van der Waals surface area contributed by atoms with E-state index in [4.69, 9.17) is 20.8 Å². The molecule has 3 aromatic rings. The summed E-state index contributed by atoms with van der Waals surface area (Å²) in [5.41, 5.74) is 3.11. The van der Waals surface area contributed by atoms with E-state index in [2.05, 4.69) is 0 Å². The Morgan fingerprint density at radius 2 is 1.89 bits per heavy atom. The molecule has 0 saturated heterocycles. The standard InChI is InChI=1S/C16H13ClO2/c1-11-3-2-4-15-12(10-19-16(11)15)9-18-14-7-5-13(17)6-8-14/h2-8,10H,9H2,1H3. The van der Waals surface area contributed by atoms with Gasteiger partial charge >= 0.3 is 0 Å². The molecular formula is C16H13ClO2. The Labute approximate surface area is 116 Å². The van der Waals surface area contributed by atoms with Crippen molar-refractivity contribution >= 4 is 22.6 Å². The Bertz CT molecular complexity index is 698. The fraction of sp³-hybridized carbons (Fsp3) is 0.125. The minimum Gasteiger partial charge on any atom is -0.489 e. The predicted molar refractivity (Wildman–Crippen MR) is 76.7 cm³/mol. The molecule has 0 atom stereocenters. The SMILES string of the molecule is Cc1cccc2c(COc3ccc(Cl)cc3)coc12. The van der Waals surface area contributed by atoms with Gasteiger partial charge in [-0.25, -0.2) is 0 Å². The molecule has 2 aromatic carbocycles. The third-order valence-corrected chi connectivity index (χ3v) is 3.34.